The molecule has 0 saturated heterocycles. The van der Waals surface area contributed by atoms with E-state index in [1.54, 1.807) is 6.07 Å². The van der Waals surface area contributed by atoms with Crippen LogP contribution in [-0.2, 0) is 50.5 Å². The first-order valence-electron chi connectivity index (χ1n) is 18.4. The third-order valence-electron chi connectivity index (χ3n) is 9.78. The molecule has 0 saturated carbocycles. The lowest BCUT2D eigenvalue weighted by Gasteiger charge is -2.37. The minimum absolute atomic E-state index is 0.0852. The van der Waals surface area contributed by atoms with Gasteiger partial charge in [-0.15, -0.1) is 0 Å². The Bertz CT molecular complexity index is 1970. The maximum atomic E-state index is 14.0. The van der Waals surface area contributed by atoms with Gasteiger partial charge >= 0.3 is 11.9 Å². The van der Waals surface area contributed by atoms with Gasteiger partial charge < -0.3 is 19.3 Å². The maximum Gasteiger partial charge on any atom is 0.337 e. The normalized spacial score (nSPS) is 12.4. The second kappa shape index (κ2) is 18.8. The molecule has 6 nitrogen and oxygen atoms in total. The van der Waals surface area contributed by atoms with E-state index in [2.05, 4.69) is 12.1 Å². The summed E-state index contributed by atoms with van der Waals surface area (Å²) in [4.78, 5) is 26.0. The number of aliphatic hydroxyl groups is 1. The zero-order valence-electron chi connectivity index (χ0n) is 30.6. The van der Waals surface area contributed by atoms with Gasteiger partial charge in [-0.05, 0) is 76.8 Å². The first-order valence-corrected chi connectivity index (χ1v) is 18.4. The van der Waals surface area contributed by atoms with Crippen molar-refractivity contribution < 1.29 is 28.9 Å². The number of benzene rings is 6. The van der Waals surface area contributed by atoms with E-state index >= 15 is 0 Å². The van der Waals surface area contributed by atoms with Crippen LogP contribution in [0.4, 0.5) is 0 Å². The van der Waals surface area contributed by atoms with Crippen molar-refractivity contribution in [3.63, 3.8) is 0 Å². The molecule has 54 heavy (non-hydrogen) atoms. The molecule has 6 rings (SSSR count). The molecule has 0 radical (unpaired) electrons. The van der Waals surface area contributed by atoms with E-state index in [0.29, 0.717) is 18.4 Å². The van der Waals surface area contributed by atoms with E-state index in [4.69, 9.17) is 14.2 Å². The molecule has 6 aromatic rings. The average molecular weight is 719 g/mol. The first-order chi connectivity index (χ1) is 26.5. The fraction of sp³-hybridized carbons (Fsp3) is 0.208. The SMILES string of the molecule is COC(=O)c1cccc(CCc2cccc(CC[C@@H](O)[C@H](COC(c3ccccc3)(c3ccccc3)c3ccccc3)C(=O)OCc3ccccc3)c2)c1. The van der Waals surface area contributed by atoms with Crippen LogP contribution in [0.5, 0.6) is 0 Å². The maximum absolute atomic E-state index is 14.0. The Morgan fingerprint density at radius 1 is 0.574 bits per heavy atom. The van der Waals surface area contributed by atoms with E-state index in [-0.39, 0.29) is 19.2 Å². The van der Waals surface area contributed by atoms with Crippen molar-refractivity contribution >= 4 is 11.9 Å². The molecule has 0 aliphatic rings. The summed E-state index contributed by atoms with van der Waals surface area (Å²) in [5.41, 5.74) is 6.30. The summed E-state index contributed by atoms with van der Waals surface area (Å²) >= 11 is 0. The first kappa shape index (κ1) is 37.9. The summed E-state index contributed by atoms with van der Waals surface area (Å²) in [6.07, 6.45) is 1.38. The van der Waals surface area contributed by atoms with Gasteiger partial charge in [-0.2, -0.15) is 0 Å². The Morgan fingerprint density at radius 2 is 1.04 bits per heavy atom. The zero-order valence-corrected chi connectivity index (χ0v) is 30.6. The van der Waals surface area contributed by atoms with Crippen LogP contribution in [0.25, 0.3) is 0 Å². The minimum Gasteiger partial charge on any atom is -0.465 e. The number of hydrogen-bond donors (Lipinski definition) is 1. The van der Waals surface area contributed by atoms with Gasteiger partial charge in [0.05, 0.1) is 25.4 Å². The van der Waals surface area contributed by atoms with Crippen molar-refractivity contribution in [2.24, 2.45) is 5.92 Å². The number of hydrogen-bond acceptors (Lipinski definition) is 6. The van der Waals surface area contributed by atoms with Gasteiger partial charge in [0, 0.05) is 0 Å². The number of rotatable bonds is 17. The molecular formula is C48H46O6. The van der Waals surface area contributed by atoms with Crippen LogP contribution in [0, 0.1) is 5.92 Å². The van der Waals surface area contributed by atoms with Crippen molar-refractivity contribution in [3.05, 3.63) is 214 Å². The number of aryl methyl sites for hydroxylation is 3. The van der Waals surface area contributed by atoms with E-state index in [1.807, 2.05) is 152 Å². The zero-order chi connectivity index (χ0) is 37.6. The molecule has 0 unspecified atom stereocenters. The molecule has 0 heterocycles. The van der Waals surface area contributed by atoms with Crippen molar-refractivity contribution in [1.82, 2.24) is 0 Å². The highest BCUT2D eigenvalue weighted by atomic mass is 16.5. The average Bonchev–Trinajstić information content (AvgIpc) is 3.24. The van der Waals surface area contributed by atoms with E-state index in [9.17, 15) is 14.7 Å². The highest BCUT2D eigenvalue weighted by molar-refractivity contribution is 5.89. The van der Waals surface area contributed by atoms with E-state index < -0.39 is 23.6 Å². The van der Waals surface area contributed by atoms with Gasteiger partial charge in [0.25, 0.3) is 0 Å². The molecule has 0 amide bonds. The molecule has 0 aliphatic heterocycles. The summed E-state index contributed by atoms with van der Waals surface area (Å²) in [7, 11) is 1.38. The molecule has 0 fully saturated rings. The summed E-state index contributed by atoms with van der Waals surface area (Å²) in [5, 5.41) is 11.8. The lowest BCUT2D eigenvalue weighted by molar-refractivity contribution is -0.159. The molecule has 0 aromatic heterocycles. The van der Waals surface area contributed by atoms with Crippen LogP contribution in [0.15, 0.2) is 170 Å². The fourth-order valence-corrected chi connectivity index (χ4v) is 6.87. The van der Waals surface area contributed by atoms with Crippen molar-refractivity contribution in [2.45, 2.75) is 44.0 Å². The smallest absolute Gasteiger partial charge is 0.337 e. The summed E-state index contributed by atoms with van der Waals surface area (Å²) < 4.78 is 17.8. The van der Waals surface area contributed by atoms with Crippen molar-refractivity contribution in [1.29, 1.82) is 0 Å². The van der Waals surface area contributed by atoms with Gasteiger partial charge in [0.2, 0.25) is 0 Å². The highest BCUT2D eigenvalue weighted by Crippen LogP contribution is 2.41. The molecule has 2 atom stereocenters. The Hall–Kier alpha value is -5.82. The monoisotopic (exact) mass is 718 g/mol. The highest BCUT2D eigenvalue weighted by Gasteiger charge is 2.40. The number of carbonyl (C=O) groups excluding carboxylic acids is 2. The number of esters is 2. The van der Waals surface area contributed by atoms with Crippen molar-refractivity contribution in [2.75, 3.05) is 13.7 Å². The van der Waals surface area contributed by atoms with E-state index in [0.717, 1.165) is 51.8 Å². The molecule has 274 valence electrons. The molecule has 6 heteroatoms. The topological polar surface area (TPSA) is 82.1 Å². The number of carbonyl (C=O) groups is 2. The van der Waals surface area contributed by atoms with Crippen LogP contribution in [0.1, 0.15) is 55.7 Å². The lowest BCUT2D eigenvalue weighted by Crippen LogP contribution is -2.40. The number of aliphatic hydroxyl groups excluding tert-OH is 1. The van der Waals surface area contributed by atoms with Crippen LogP contribution in [-0.4, -0.2) is 36.9 Å². The van der Waals surface area contributed by atoms with Crippen LogP contribution in [0.3, 0.4) is 0 Å². The Balaban J connectivity index is 1.23. The van der Waals surface area contributed by atoms with Gasteiger partial charge in [-0.1, -0.05) is 158 Å². The molecule has 0 spiro atoms. The van der Waals surface area contributed by atoms with Gasteiger partial charge in [-0.25, -0.2) is 4.79 Å². The predicted molar refractivity (Wildman–Crippen MR) is 211 cm³/mol. The van der Waals surface area contributed by atoms with Gasteiger partial charge in [-0.3, -0.25) is 4.79 Å². The number of methoxy groups -OCH3 is 1. The summed E-state index contributed by atoms with van der Waals surface area (Å²) in [5.74, 6) is -1.83. The Labute approximate surface area is 318 Å². The van der Waals surface area contributed by atoms with Gasteiger partial charge in [0.15, 0.2) is 0 Å². The number of ether oxygens (including phenoxy) is 3. The molecule has 0 bridgehead atoms. The Kier molecular flexibility index (Phi) is 13.2. The fourth-order valence-electron chi connectivity index (χ4n) is 6.87. The molecule has 0 aliphatic carbocycles. The summed E-state index contributed by atoms with van der Waals surface area (Å²) in [6.45, 7) is 0.00677. The second-order valence-corrected chi connectivity index (χ2v) is 13.4. The largest absolute Gasteiger partial charge is 0.465 e. The third kappa shape index (κ3) is 9.58. The third-order valence-corrected chi connectivity index (χ3v) is 9.78. The van der Waals surface area contributed by atoms with Gasteiger partial charge in [0.1, 0.15) is 18.1 Å². The minimum atomic E-state index is -1.06. The lowest BCUT2D eigenvalue weighted by atomic mass is 9.80. The second-order valence-electron chi connectivity index (χ2n) is 13.4. The van der Waals surface area contributed by atoms with Crippen molar-refractivity contribution in [3.8, 4) is 0 Å². The molecule has 6 aromatic carbocycles. The van der Waals surface area contributed by atoms with Crippen LogP contribution in [0.2, 0.25) is 0 Å². The molecular weight excluding hydrogens is 673 g/mol. The van der Waals surface area contributed by atoms with Crippen LogP contribution >= 0.6 is 0 Å². The standard InChI is InChI=1S/C48H46O6/c1-52-46(50)40-21-15-20-38(33-40)29-28-36-18-14-19-37(32-36)30-31-45(49)44(47(51)53-34-39-16-6-2-7-17-39)35-54-48(41-22-8-3-9-23-41,42-24-10-4-11-25-42)43-26-12-5-13-27-43/h2-27,32-33,44-45,49H,28-31,34-35H2,1H3/t44-,45+/m0/s1. The summed E-state index contributed by atoms with van der Waals surface area (Å²) in [6, 6.07) is 55.3. The quantitative estimate of drug-likeness (QED) is 0.0750. The van der Waals surface area contributed by atoms with Crippen LogP contribution < -0.4 is 0 Å². The predicted octanol–water partition coefficient (Wildman–Crippen LogP) is 8.92. The van der Waals surface area contributed by atoms with E-state index in [1.165, 1.54) is 7.11 Å². The molecule has 1 N–H and O–H groups in total. The Morgan fingerprint density at radius 3 is 1.57 bits per heavy atom.